The number of rotatable bonds is 3. The lowest BCUT2D eigenvalue weighted by molar-refractivity contribution is -0.178. The Bertz CT molecular complexity index is 798. The lowest BCUT2D eigenvalue weighted by atomic mass is 9.91. The van der Waals surface area contributed by atoms with E-state index >= 15 is 0 Å². The summed E-state index contributed by atoms with van der Waals surface area (Å²) in [5.74, 6) is -2.88. The number of aliphatic hydroxyl groups is 1. The zero-order valence-electron chi connectivity index (χ0n) is 17.3. The van der Waals surface area contributed by atoms with Crippen LogP contribution in [0, 0.1) is 5.92 Å². The molecule has 0 aliphatic carbocycles. The van der Waals surface area contributed by atoms with E-state index in [1.165, 1.54) is 0 Å². The number of piperidine rings is 1. The normalized spacial score (nSPS) is 28.7. The average Bonchev–Trinajstić information content (AvgIpc) is 3.12. The lowest BCUT2D eigenvalue weighted by Crippen LogP contribution is -2.67. The van der Waals surface area contributed by atoms with E-state index in [4.69, 9.17) is 14.2 Å². The second-order valence-corrected chi connectivity index (χ2v) is 8.44. The number of aliphatic hydroxyl groups excluding tert-OH is 1. The van der Waals surface area contributed by atoms with Crippen LogP contribution >= 0.6 is 0 Å². The maximum atomic E-state index is 13.0. The van der Waals surface area contributed by atoms with Gasteiger partial charge >= 0.3 is 18.2 Å². The molecule has 0 radical (unpaired) electrons. The molecule has 2 N–H and O–H groups in total. The van der Waals surface area contributed by atoms with E-state index < -0.39 is 61.0 Å². The molecular formula is C20H25F3N2O6. The Labute approximate surface area is 177 Å². The summed E-state index contributed by atoms with van der Waals surface area (Å²) in [4.78, 5) is 25.4. The van der Waals surface area contributed by atoms with Crippen molar-refractivity contribution in [3.8, 4) is 0 Å². The number of carbonyl (C=O) groups excluding carboxylic acids is 2. The van der Waals surface area contributed by atoms with Crippen molar-refractivity contribution in [1.82, 2.24) is 10.2 Å². The highest BCUT2D eigenvalue weighted by molar-refractivity contribution is 5.82. The fraction of sp³-hybridized carbons (Fsp3) is 0.600. The summed E-state index contributed by atoms with van der Waals surface area (Å²) in [6, 6.07) is 8.68. The second kappa shape index (κ2) is 8.64. The molecule has 11 heteroatoms. The largest absolute Gasteiger partial charge is 0.471 e. The van der Waals surface area contributed by atoms with Crippen molar-refractivity contribution in [2.75, 3.05) is 13.2 Å². The highest BCUT2D eigenvalue weighted by Crippen LogP contribution is 2.40. The van der Waals surface area contributed by atoms with E-state index in [-0.39, 0.29) is 6.54 Å². The molecule has 2 heterocycles. The summed E-state index contributed by atoms with van der Waals surface area (Å²) in [6.45, 7) is 4.20. The summed E-state index contributed by atoms with van der Waals surface area (Å²) in [7, 11) is 0. The van der Waals surface area contributed by atoms with Crippen molar-refractivity contribution in [2.45, 2.75) is 57.2 Å². The monoisotopic (exact) mass is 446 g/mol. The van der Waals surface area contributed by atoms with Crippen LogP contribution in [0.5, 0.6) is 0 Å². The number of nitrogens with zero attached hydrogens (tertiary/aromatic N) is 1. The first-order valence-electron chi connectivity index (χ1n) is 9.75. The van der Waals surface area contributed by atoms with Gasteiger partial charge in [0, 0.05) is 18.0 Å². The number of hydrogen-bond donors (Lipinski definition) is 2. The standard InChI is InChI=1S/C20H25F3N2O6/c1-19(2,3)31-18(28)25-9-12(10-26)13-14(15(25)24-17(27)20(21,22)23)30-16(29-13)11-7-5-4-6-8-11/h4-8,12-16,26H,9-10H2,1-3H3,(H,24,27)/t12-,13+,14+,15+,16+/m1/s1. The lowest BCUT2D eigenvalue weighted by Gasteiger charge is -2.44. The quantitative estimate of drug-likeness (QED) is 0.740. The first-order valence-corrected chi connectivity index (χ1v) is 9.75. The molecule has 2 saturated heterocycles. The molecule has 1 aromatic rings. The number of benzene rings is 1. The van der Waals surface area contributed by atoms with Gasteiger partial charge in [0.1, 0.15) is 17.9 Å². The molecule has 0 spiro atoms. The third-order valence-electron chi connectivity index (χ3n) is 4.90. The van der Waals surface area contributed by atoms with Crippen molar-refractivity contribution in [3.05, 3.63) is 35.9 Å². The van der Waals surface area contributed by atoms with Gasteiger partial charge in [0.05, 0.1) is 12.7 Å². The molecule has 0 unspecified atom stereocenters. The second-order valence-electron chi connectivity index (χ2n) is 8.44. The van der Waals surface area contributed by atoms with Crippen molar-refractivity contribution in [2.24, 2.45) is 5.92 Å². The van der Waals surface area contributed by atoms with Gasteiger partial charge in [-0.25, -0.2) is 4.79 Å². The van der Waals surface area contributed by atoms with Crippen LogP contribution in [0.25, 0.3) is 0 Å². The number of ether oxygens (including phenoxy) is 3. The Morgan fingerprint density at radius 2 is 1.77 bits per heavy atom. The molecule has 0 saturated carbocycles. The highest BCUT2D eigenvalue weighted by Gasteiger charge is 2.55. The van der Waals surface area contributed by atoms with Crippen LogP contribution in [0.3, 0.4) is 0 Å². The SMILES string of the molecule is CC(C)(C)OC(=O)N1C[C@H](CO)[C@@H]2O[C@H](c3ccccc3)O[C@@H]2[C@H]1NC(=O)C(F)(F)F. The minimum atomic E-state index is -5.17. The Hall–Kier alpha value is -2.37. The minimum absolute atomic E-state index is 0.194. The van der Waals surface area contributed by atoms with Crippen molar-refractivity contribution < 1.29 is 42.1 Å². The predicted molar refractivity (Wildman–Crippen MR) is 100 cm³/mol. The van der Waals surface area contributed by atoms with Gasteiger partial charge in [0.25, 0.3) is 0 Å². The van der Waals surface area contributed by atoms with Crippen molar-refractivity contribution >= 4 is 12.0 Å². The zero-order valence-corrected chi connectivity index (χ0v) is 17.3. The fourth-order valence-corrected chi connectivity index (χ4v) is 3.57. The third-order valence-corrected chi connectivity index (χ3v) is 4.90. The number of halogens is 3. The molecule has 0 bridgehead atoms. The van der Waals surface area contributed by atoms with E-state index in [1.54, 1.807) is 51.1 Å². The van der Waals surface area contributed by atoms with Crippen LogP contribution in [0.2, 0.25) is 0 Å². The first kappa shape index (κ1) is 23.3. The molecule has 5 atom stereocenters. The van der Waals surface area contributed by atoms with Gasteiger partial charge in [-0.3, -0.25) is 9.69 Å². The van der Waals surface area contributed by atoms with Crippen LogP contribution in [0.4, 0.5) is 18.0 Å². The summed E-state index contributed by atoms with van der Waals surface area (Å²) in [6.07, 6.45) is -10.6. The number of likely N-dealkylation sites (tertiary alicyclic amines) is 1. The van der Waals surface area contributed by atoms with Crippen LogP contribution in [-0.4, -0.2) is 65.3 Å². The number of alkyl halides is 3. The highest BCUT2D eigenvalue weighted by atomic mass is 19.4. The average molecular weight is 446 g/mol. The Morgan fingerprint density at radius 3 is 2.32 bits per heavy atom. The van der Waals surface area contributed by atoms with Crippen LogP contribution < -0.4 is 5.32 Å². The van der Waals surface area contributed by atoms with Crippen LogP contribution in [0.15, 0.2) is 30.3 Å². The van der Waals surface area contributed by atoms with E-state index in [0.717, 1.165) is 4.90 Å². The molecule has 2 aliphatic rings. The molecule has 3 rings (SSSR count). The molecule has 8 nitrogen and oxygen atoms in total. The summed E-state index contributed by atoms with van der Waals surface area (Å²) >= 11 is 0. The van der Waals surface area contributed by atoms with Gasteiger partial charge in [-0.1, -0.05) is 30.3 Å². The van der Waals surface area contributed by atoms with Gasteiger partial charge in [0.15, 0.2) is 6.29 Å². The minimum Gasteiger partial charge on any atom is -0.444 e. The molecule has 2 fully saturated rings. The number of fused-ring (bicyclic) bond motifs is 1. The number of hydrogen-bond acceptors (Lipinski definition) is 6. The molecule has 172 valence electrons. The first-order chi connectivity index (χ1) is 14.4. The Kier molecular flexibility index (Phi) is 6.49. The number of carbonyl (C=O) groups is 2. The molecule has 31 heavy (non-hydrogen) atoms. The summed E-state index contributed by atoms with van der Waals surface area (Å²) in [5, 5.41) is 11.7. The maximum Gasteiger partial charge on any atom is 0.471 e. The topological polar surface area (TPSA) is 97.3 Å². The number of amides is 2. The van der Waals surface area contributed by atoms with Gasteiger partial charge < -0.3 is 24.6 Å². The Balaban J connectivity index is 1.93. The van der Waals surface area contributed by atoms with Gasteiger partial charge in [0.2, 0.25) is 0 Å². The van der Waals surface area contributed by atoms with E-state index in [0.29, 0.717) is 5.56 Å². The van der Waals surface area contributed by atoms with Gasteiger partial charge in [-0.05, 0) is 20.8 Å². The van der Waals surface area contributed by atoms with Crippen LogP contribution in [0.1, 0.15) is 32.6 Å². The van der Waals surface area contributed by atoms with Crippen molar-refractivity contribution in [3.63, 3.8) is 0 Å². The fourth-order valence-electron chi connectivity index (χ4n) is 3.57. The molecule has 0 aromatic heterocycles. The van der Waals surface area contributed by atoms with Gasteiger partial charge in [-0.2, -0.15) is 13.2 Å². The molecule has 1 aromatic carbocycles. The van der Waals surface area contributed by atoms with Crippen LogP contribution in [-0.2, 0) is 19.0 Å². The zero-order chi connectivity index (χ0) is 23.0. The number of nitrogens with one attached hydrogen (secondary N) is 1. The van der Waals surface area contributed by atoms with Crippen molar-refractivity contribution in [1.29, 1.82) is 0 Å². The summed E-state index contributed by atoms with van der Waals surface area (Å²) < 4.78 is 56.0. The van der Waals surface area contributed by atoms with E-state index in [1.807, 2.05) is 5.32 Å². The Morgan fingerprint density at radius 1 is 1.16 bits per heavy atom. The van der Waals surface area contributed by atoms with Gasteiger partial charge in [-0.15, -0.1) is 0 Å². The van der Waals surface area contributed by atoms with E-state index in [9.17, 15) is 27.9 Å². The molecular weight excluding hydrogens is 421 g/mol. The third kappa shape index (κ3) is 5.28. The molecule has 2 amide bonds. The predicted octanol–water partition coefficient (Wildman–Crippen LogP) is 2.33. The molecule has 2 aliphatic heterocycles. The summed E-state index contributed by atoms with van der Waals surface area (Å²) in [5.41, 5.74) is -0.320. The van der Waals surface area contributed by atoms with E-state index in [2.05, 4.69) is 0 Å². The maximum absolute atomic E-state index is 13.0. The smallest absolute Gasteiger partial charge is 0.444 e.